The van der Waals surface area contributed by atoms with Gasteiger partial charge in [0.25, 0.3) is 5.91 Å². The zero-order chi connectivity index (χ0) is 13.8. The second kappa shape index (κ2) is 6.24. The highest BCUT2D eigenvalue weighted by Crippen LogP contribution is 2.25. The third-order valence-electron chi connectivity index (χ3n) is 3.59. The van der Waals surface area contributed by atoms with Crippen molar-refractivity contribution >= 4 is 23.3 Å². The molecular weight excluding hydrogens is 262 g/mol. The third kappa shape index (κ3) is 3.60. The molecular formula is C14H20ClN3O. The zero-order valence-corrected chi connectivity index (χ0v) is 12.1. The molecule has 0 spiro atoms. The molecule has 5 heteroatoms. The van der Waals surface area contributed by atoms with Crippen molar-refractivity contribution < 1.29 is 4.79 Å². The van der Waals surface area contributed by atoms with Crippen molar-refractivity contribution in [1.82, 2.24) is 10.3 Å². The molecule has 104 valence electrons. The minimum absolute atomic E-state index is 0.0674. The quantitative estimate of drug-likeness (QED) is 0.834. The Hall–Kier alpha value is -1.29. The topological polar surface area (TPSA) is 54.0 Å². The van der Waals surface area contributed by atoms with Crippen LogP contribution in [0.5, 0.6) is 0 Å². The van der Waals surface area contributed by atoms with Gasteiger partial charge in [-0.2, -0.15) is 0 Å². The van der Waals surface area contributed by atoms with Crippen molar-refractivity contribution in [3.8, 4) is 0 Å². The monoisotopic (exact) mass is 281 g/mol. The smallest absolute Gasteiger partial charge is 0.251 e. The maximum Gasteiger partial charge on any atom is 0.251 e. The fourth-order valence-electron chi connectivity index (χ4n) is 2.51. The first-order valence-electron chi connectivity index (χ1n) is 6.82. The molecule has 2 rings (SSSR count). The number of nitrogens with one attached hydrogen (secondary N) is 2. The van der Waals surface area contributed by atoms with E-state index >= 15 is 0 Å². The number of amides is 1. The van der Waals surface area contributed by atoms with Gasteiger partial charge in [0.2, 0.25) is 0 Å². The predicted octanol–water partition coefficient (Wildman–Crippen LogP) is 3.09. The van der Waals surface area contributed by atoms with Gasteiger partial charge < -0.3 is 10.6 Å². The summed E-state index contributed by atoms with van der Waals surface area (Å²) >= 11 is 5.94. The molecule has 0 bridgehead atoms. The molecule has 1 aliphatic rings. The first-order chi connectivity index (χ1) is 9.10. The minimum Gasteiger partial charge on any atom is -0.370 e. The highest BCUT2D eigenvalue weighted by atomic mass is 35.5. The van der Waals surface area contributed by atoms with E-state index in [1.165, 1.54) is 12.8 Å². The Kier molecular flexibility index (Phi) is 4.64. The second-order valence-corrected chi connectivity index (χ2v) is 5.47. The summed E-state index contributed by atoms with van der Waals surface area (Å²) in [5.74, 6) is 1.12. The van der Waals surface area contributed by atoms with Crippen LogP contribution in [-0.2, 0) is 0 Å². The van der Waals surface area contributed by atoms with Crippen molar-refractivity contribution in [2.24, 2.45) is 5.92 Å². The SMILES string of the molecule is CCNc1cc(C(=O)NC2CCCC2C)cc(Cl)n1. The van der Waals surface area contributed by atoms with Crippen molar-refractivity contribution in [3.63, 3.8) is 0 Å². The standard InChI is InChI=1S/C14H20ClN3O/c1-3-16-13-8-10(7-12(15)18-13)14(19)17-11-6-4-5-9(11)2/h7-9,11H,3-6H2,1-2H3,(H,16,18)(H,17,19). The lowest BCUT2D eigenvalue weighted by molar-refractivity contribution is 0.0929. The Morgan fingerprint density at radius 1 is 1.47 bits per heavy atom. The number of aromatic nitrogens is 1. The number of pyridine rings is 1. The Labute approximate surface area is 118 Å². The first-order valence-corrected chi connectivity index (χ1v) is 7.20. The summed E-state index contributed by atoms with van der Waals surface area (Å²) in [5, 5.41) is 6.49. The molecule has 1 aromatic heterocycles. The van der Waals surface area contributed by atoms with E-state index in [1.807, 2.05) is 6.92 Å². The second-order valence-electron chi connectivity index (χ2n) is 5.08. The summed E-state index contributed by atoms with van der Waals surface area (Å²) in [7, 11) is 0. The van der Waals surface area contributed by atoms with Crippen LogP contribution in [0.15, 0.2) is 12.1 Å². The van der Waals surface area contributed by atoms with Crippen LogP contribution in [0.4, 0.5) is 5.82 Å². The van der Waals surface area contributed by atoms with Crippen LogP contribution < -0.4 is 10.6 Å². The molecule has 1 heterocycles. The number of rotatable bonds is 4. The number of carbonyl (C=O) groups is 1. The summed E-state index contributed by atoms with van der Waals surface area (Å²) < 4.78 is 0. The molecule has 2 N–H and O–H groups in total. The molecule has 4 nitrogen and oxygen atoms in total. The van der Waals surface area contributed by atoms with Gasteiger partial charge in [0.1, 0.15) is 11.0 Å². The van der Waals surface area contributed by atoms with E-state index in [0.29, 0.717) is 22.5 Å². The van der Waals surface area contributed by atoms with Crippen LogP contribution >= 0.6 is 11.6 Å². The summed E-state index contributed by atoms with van der Waals surface area (Å²) in [4.78, 5) is 16.4. The summed E-state index contributed by atoms with van der Waals surface area (Å²) in [6.07, 6.45) is 3.43. The number of anilines is 1. The van der Waals surface area contributed by atoms with Gasteiger partial charge in [-0.15, -0.1) is 0 Å². The Balaban J connectivity index is 2.09. The molecule has 0 aliphatic heterocycles. The van der Waals surface area contributed by atoms with Crippen LogP contribution in [0, 0.1) is 5.92 Å². The van der Waals surface area contributed by atoms with Gasteiger partial charge in [-0.25, -0.2) is 4.98 Å². The number of nitrogens with zero attached hydrogens (tertiary/aromatic N) is 1. The number of halogens is 1. The third-order valence-corrected chi connectivity index (χ3v) is 3.79. The van der Waals surface area contributed by atoms with Gasteiger partial charge in [0.05, 0.1) is 0 Å². The Bertz CT molecular complexity index is 464. The molecule has 1 aliphatic carbocycles. The largest absolute Gasteiger partial charge is 0.370 e. The average Bonchev–Trinajstić information content (AvgIpc) is 2.75. The molecule has 1 fully saturated rings. The number of hydrogen-bond donors (Lipinski definition) is 2. The Morgan fingerprint density at radius 3 is 2.89 bits per heavy atom. The lowest BCUT2D eigenvalue weighted by atomic mass is 10.1. The van der Waals surface area contributed by atoms with Crippen LogP contribution in [-0.4, -0.2) is 23.5 Å². The lowest BCUT2D eigenvalue weighted by Crippen LogP contribution is -2.36. The fourth-order valence-corrected chi connectivity index (χ4v) is 2.72. The van der Waals surface area contributed by atoms with E-state index in [9.17, 15) is 4.79 Å². The van der Waals surface area contributed by atoms with E-state index in [0.717, 1.165) is 13.0 Å². The molecule has 2 atom stereocenters. The zero-order valence-electron chi connectivity index (χ0n) is 11.4. The number of carbonyl (C=O) groups excluding carboxylic acids is 1. The van der Waals surface area contributed by atoms with Gasteiger partial charge in [-0.3, -0.25) is 4.79 Å². The molecule has 2 unspecified atom stereocenters. The lowest BCUT2D eigenvalue weighted by Gasteiger charge is -2.17. The van der Waals surface area contributed by atoms with Gasteiger partial charge in [-0.1, -0.05) is 24.9 Å². The summed E-state index contributed by atoms with van der Waals surface area (Å²) in [6.45, 7) is 4.90. The fraction of sp³-hybridized carbons (Fsp3) is 0.571. The predicted molar refractivity (Wildman–Crippen MR) is 77.7 cm³/mol. The van der Waals surface area contributed by atoms with Crippen molar-refractivity contribution in [2.45, 2.75) is 39.2 Å². The van der Waals surface area contributed by atoms with Crippen LogP contribution in [0.3, 0.4) is 0 Å². The van der Waals surface area contributed by atoms with Crippen LogP contribution in [0.1, 0.15) is 43.5 Å². The summed E-state index contributed by atoms with van der Waals surface area (Å²) in [6, 6.07) is 3.63. The van der Waals surface area contributed by atoms with E-state index in [1.54, 1.807) is 12.1 Å². The molecule has 0 radical (unpaired) electrons. The Morgan fingerprint density at radius 2 is 2.26 bits per heavy atom. The molecule has 1 saturated carbocycles. The highest BCUT2D eigenvalue weighted by Gasteiger charge is 2.25. The minimum atomic E-state index is -0.0674. The number of hydrogen-bond acceptors (Lipinski definition) is 3. The molecule has 19 heavy (non-hydrogen) atoms. The molecule has 0 saturated heterocycles. The molecule has 1 amide bonds. The average molecular weight is 282 g/mol. The van der Waals surface area contributed by atoms with Crippen LogP contribution in [0.25, 0.3) is 0 Å². The maximum absolute atomic E-state index is 12.2. The normalized spacial score (nSPS) is 22.3. The van der Waals surface area contributed by atoms with Crippen molar-refractivity contribution in [2.75, 3.05) is 11.9 Å². The van der Waals surface area contributed by atoms with Gasteiger partial charge in [-0.05, 0) is 37.8 Å². The first kappa shape index (κ1) is 14.1. The van der Waals surface area contributed by atoms with Gasteiger partial charge in [0.15, 0.2) is 0 Å². The maximum atomic E-state index is 12.2. The van der Waals surface area contributed by atoms with Crippen molar-refractivity contribution in [3.05, 3.63) is 22.8 Å². The van der Waals surface area contributed by atoms with E-state index in [4.69, 9.17) is 11.6 Å². The summed E-state index contributed by atoms with van der Waals surface area (Å²) in [5.41, 5.74) is 0.565. The van der Waals surface area contributed by atoms with E-state index in [-0.39, 0.29) is 11.9 Å². The van der Waals surface area contributed by atoms with E-state index < -0.39 is 0 Å². The van der Waals surface area contributed by atoms with Gasteiger partial charge in [0, 0.05) is 18.2 Å². The van der Waals surface area contributed by atoms with Gasteiger partial charge >= 0.3 is 0 Å². The molecule has 1 aromatic rings. The van der Waals surface area contributed by atoms with Crippen LogP contribution in [0.2, 0.25) is 5.15 Å². The van der Waals surface area contributed by atoms with Crippen molar-refractivity contribution in [1.29, 1.82) is 0 Å². The van der Waals surface area contributed by atoms with E-state index in [2.05, 4.69) is 22.5 Å². The highest BCUT2D eigenvalue weighted by molar-refractivity contribution is 6.29. The molecule has 0 aromatic carbocycles.